The van der Waals surface area contributed by atoms with Crippen LogP contribution in [0.25, 0.3) is 0 Å². The molecule has 3 N–H and O–H groups in total. The van der Waals surface area contributed by atoms with Crippen LogP contribution in [0.2, 0.25) is 0 Å². The number of nitrogens with one attached hydrogen (secondary N) is 1. The number of aromatic nitrogens is 2. The molecule has 0 fully saturated rings. The highest BCUT2D eigenvalue weighted by Gasteiger charge is 2.03. The number of nitrogens with two attached hydrogens (primary N) is 1. The largest absolute Gasteiger partial charge is 0.366 e. The monoisotopic (exact) mass is 310 g/mol. The lowest BCUT2D eigenvalue weighted by molar-refractivity contribution is 0.612. The summed E-state index contributed by atoms with van der Waals surface area (Å²) in [6.45, 7) is 0.632. The molecule has 0 radical (unpaired) electrons. The van der Waals surface area contributed by atoms with Crippen LogP contribution in [0.4, 0.5) is 10.2 Å². The molecular formula is C12H12BrFN4. The molecule has 1 aromatic carbocycles. The molecule has 6 heteroatoms. The summed E-state index contributed by atoms with van der Waals surface area (Å²) in [5, 5.41) is 3.04. The minimum atomic E-state index is -0.251. The molecule has 0 saturated heterocycles. The average Bonchev–Trinajstić information content (AvgIpc) is 2.40. The fourth-order valence-corrected chi connectivity index (χ4v) is 1.87. The van der Waals surface area contributed by atoms with Gasteiger partial charge < -0.3 is 11.1 Å². The first kappa shape index (κ1) is 12.9. The second-order valence-corrected chi connectivity index (χ2v) is 4.57. The predicted molar refractivity (Wildman–Crippen MR) is 71.4 cm³/mol. The fraction of sp³-hybridized carbons (Fsp3) is 0.167. The third kappa shape index (κ3) is 3.24. The summed E-state index contributed by atoms with van der Waals surface area (Å²) < 4.78 is 14.3. The van der Waals surface area contributed by atoms with Crippen LogP contribution in [0.3, 0.4) is 0 Å². The zero-order chi connectivity index (χ0) is 13.0. The fourth-order valence-electron chi connectivity index (χ4n) is 1.46. The van der Waals surface area contributed by atoms with Crippen LogP contribution >= 0.6 is 15.9 Å². The summed E-state index contributed by atoms with van der Waals surface area (Å²) >= 11 is 3.31. The summed E-state index contributed by atoms with van der Waals surface area (Å²) in [4.78, 5) is 8.16. The number of rotatable bonds is 4. The number of hydrogen-bond donors (Lipinski definition) is 2. The van der Waals surface area contributed by atoms with Crippen LogP contribution < -0.4 is 11.1 Å². The Bertz CT molecular complexity index is 547. The Labute approximate surface area is 113 Å². The number of halogens is 2. The van der Waals surface area contributed by atoms with Gasteiger partial charge in [0.25, 0.3) is 0 Å². The van der Waals surface area contributed by atoms with Crippen LogP contribution in [-0.4, -0.2) is 9.97 Å². The van der Waals surface area contributed by atoms with Gasteiger partial charge in [0.2, 0.25) is 0 Å². The van der Waals surface area contributed by atoms with Gasteiger partial charge in [-0.1, -0.05) is 15.9 Å². The van der Waals surface area contributed by atoms with E-state index in [4.69, 9.17) is 5.73 Å². The summed E-state index contributed by atoms with van der Waals surface area (Å²) in [5.74, 6) is 0.929. The van der Waals surface area contributed by atoms with Crippen molar-refractivity contribution in [2.24, 2.45) is 5.73 Å². The van der Waals surface area contributed by atoms with Crippen molar-refractivity contribution in [1.29, 1.82) is 0 Å². The minimum absolute atomic E-state index is 0.251. The predicted octanol–water partition coefficient (Wildman–Crippen LogP) is 2.45. The number of benzene rings is 1. The third-order valence-electron chi connectivity index (χ3n) is 2.36. The maximum atomic E-state index is 13.5. The third-order valence-corrected chi connectivity index (χ3v) is 2.85. The maximum absolute atomic E-state index is 13.5. The van der Waals surface area contributed by atoms with E-state index in [1.165, 1.54) is 6.07 Å². The molecule has 0 aliphatic rings. The molecule has 0 bridgehead atoms. The van der Waals surface area contributed by atoms with E-state index in [0.717, 1.165) is 4.47 Å². The Balaban J connectivity index is 2.08. The molecule has 18 heavy (non-hydrogen) atoms. The first-order chi connectivity index (χ1) is 8.69. The molecule has 0 aliphatic heterocycles. The molecule has 4 nitrogen and oxygen atoms in total. The van der Waals surface area contributed by atoms with Crippen molar-refractivity contribution in [3.05, 3.63) is 52.1 Å². The normalized spacial score (nSPS) is 10.4. The average molecular weight is 311 g/mol. The van der Waals surface area contributed by atoms with E-state index in [1.807, 2.05) is 0 Å². The number of nitrogens with zero attached hydrogens (tertiary/aromatic N) is 2. The maximum Gasteiger partial charge on any atom is 0.144 e. The molecule has 2 aromatic rings. The van der Waals surface area contributed by atoms with Gasteiger partial charge >= 0.3 is 0 Å². The van der Waals surface area contributed by atoms with Gasteiger partial charge in [-0.25, -0.2) is 14.4 Å². The summed E-state index contributed by atoms with van der Waals surface area (Å²) in [7, 11) is 0. The Hall–Kier alpha value is -1.53. The van der Waals surface area contributed by atoms with Crippen molar-refractivity contribution < 1.29 is 4.39 Å². The lowest BCUT2D eigenvalue weighted by Gasteiger charge is -2.07. The highest BCUT2D eigenvalue weighted by atomic mass is 79.9. The lowest BCUT2D eigenvalue weighted by atomic mass is 10.2. The van der Waals surface area contributed by atoms with Gasteiger partial charge in [-0.15, -0.1) is 0 Å². The van der Waals surface area contributed by atoms with Gasteiger partial charge in [0.05, 0.1) is 6.54 Å². The highest BCUT2D eigenvalue weighted by Crippen LogP contribution is 2.16. The molecule has 0 aliphatic carbocycles. The van der Waals surface area contributed by atoms with Crippen LogP contribution in [0, 0.1) is 5.82 Å². The smallest absolute Gasteiger partial charge is 0.144 e. The molecule has 0 spiro atoms. The first-order valence-electron chi connectivity index (χ1n) is 5.39. The second kappa shape index (κ2) is 5.88. The summed E-state index contributed by atoms with van der Waals surface area (Å²) in [6.07, 6.45) is 1.62. The topological polar surface area (TPSA) is 63.8 Å². The summed E-state index contributed by atoms with van der Waals surface area (Å²) in [6, 6.07) is 6.53. The van der Waals surface area contributed by atoms with Crippen LogP contribution in [0.1, 0.15) is 11.4 Å². The quantitative estimate of drug-likeness (QED) is 0.910. The Morgan fingerprint density at radius 2 is 2.17 bits per heavy atom. The Morgan fingerprint density at radius 3 is 2.94 bits per heavy atom. The van der Waals surface area contributed by atoms with E-state index in [9.17, 15) is 4.39 Å². The zero-order valence-corrected chi connectivity index (χ0v) is 11.1. The minimum Gasteiger partial charge on any atom is -0.366 e. The second-order valence-electron chi connectivity index (χ2n) is 3.65. The van der Waals surface area contributed by atoms with E-state index in [1.54, 1.807) is 24.4 Å². The first-order valence-corrected chi connectivity index (χ1v) is 6.18. The van der Waals surface area contributed by atoms with Crippen molar-refractivity contribution in [1.82, 2.24) is 9.97 Å². The molecule has 2 rings (SSSR count). The highest BCUT2D eigenvalue weighted by molar-refractivity contribution is 9.10. The van der Waals surface area contributed by atoms with E-state index in [0.29, 0.717) is 23.8 Å². The standard InChI is InChI=1S/C12H12BrFN4/c13-9-1-2-10(14)8(5-9)7-17-11-3-4-16-12(6-15)18-11/h1-5H,6-7,15H2,(H,16,17,18). The van der Waals surface area contributed by atoms with Crippen LogP contribution in [0.15, 0.2) is 34.9 Å². The van der Waals surface area contributed by atoms with Crippen molar-refractivity contribution in [2.75, 3.05) is 5.32 Å². The van der Waals surface area contributed by atoms with Crippen LogP contribution in [-0.2, 0) is 13.1 Å². The van der Waals surface area contributed by atoms with E-state index in [-0.39, 0.29) is 12.4 Å². The van der Waals surface area contributed by atoms with Crippen molar-refractivity contribution in [3.63, 3.8) is 0 Å². The van der Waals surface area contributed by atoms with Gasteiger partial charge in [-0.2, -0.15) is 0 Å². The van der Waals surface area contributed by atoms with E-state index < -0.39 is 0 Å². The molecule has 0 atom stereocenters. The van der Waals surface area contributed by atoms with Gasteiger partial charge in [0, 0.05) is 22.8 Å². The van der Waals surface area contributed by atoms with Gasteiger partial charge in [-0.05, 0) is 24.3 Å². The molecule has 0 unspecified atom stereocenters. The van der Waals surface area contributed by atoms with Gasteiger partial charge in [-0.3, -0.25) is 0 Å². The number of anilines is 1. The Morgan fingerprint density at radius 1 is 1.33 bits per heavy atom. The molecule has 94 valence electrons. The molecule has 0 amide bonds. The van der Waals surface area contributed by atoms with Gasteiger partial charge in [0.1, 0.15) is 17.5 Å². The Kier molecular flexibility index (Phi) is 4.22. The SMILES string of the molecule is NCc1nccc(NCc2cc(Br)ccc2F)n1. The molecule has 0 saturated carbocycles. The lowest BCUT2D eigenvalue weighted by Crippen LogP contribution is -2.07. The van der Waals surface area contributed by atoms with Crippen molar-refractivity contribution in [3.8, 4) is 0 Å². The van der Waals surface area contributed by atoms with Crippen molar-refractivity contribution in [2.45, 2.75) is 13.1 Å². The molecule has 1 heterocycles. The van der Waals surface area contributed by atoms with E-state index in [2.05, 4.69) is 31.2 Å². The zero-order valence-electron chi connectivity index (χ0n) is 9.53. The number of hydrogen-bond acceptors (Lipinski definition) is 4. The van der Waals surface area contributed by atoms with Gasteiger partial charge in [0.15, 0.2) is 0 Å². The summed E-state index contributed by atoms with van der Waals surface area (Å²) in [5.41, 5.74) is 6.02. The van der Waals surface area contributed by atoms with E-state index >= 15 is 0 Å². The molecular weight excluding hydrogens is 299 g/mol. The van der Waals surface area contributed by atoms with Crippen LogP contribution in [0.5, 0.6) is 0 Å². The van der Waals surface area contributed by atoms with Crippen molar-refractivity contribution >= 4 is 21.7 Å². The molecule has 1 aromatic heterocycles.